The van der Waals surface area contributed by atoms with Crippen molar-refractivity contribution in [2.75, 3.05) is 17.2 Å². The van der Waals surface area contributed by atoms with Gasteiger partial charge >= 0.3 is 0 Å². The Balaban J connectivity index is 1.64. The lowest BCUT2D eigenvalue weighted by molar-refractivity contribution is -0.123. The molecule has 2 N–H and O–H groups in total. The molecule has 0 spiro atoms. The van der Waals surface area contributed by atoms with Crippen LogP contribution in [-0.2, 0) is 11.2 Å². The molecule has 3 atom stereocenters. The second kappa shape index (κ2) is 4.37. The number of amides is 1. The highest BCUT2D eigenvalue weighted by Crippen LogP contribution is 2.45. The van der Waals surface area contributed by atoms with E-state index in [1.165, 1.54) is 12.0 Å². The van der Waals surface area contributed by atoms with Gasteiger partial charge in [-0.1, -0.05) is 12.2 Å². The van der Waals surface area contributed by atoms with E-state index in [1.54, 1.807) is 0 Å². The zero-order chi connectivity index (χ0) is 13.7. The first-order valence-electron chi connectivity index (χ1n) is 7.60. The van der Waals surface area contributed by atoms with Crippen LogP contribution < -0.4 is 10.6 Å². The molecule has 104 valence electrons. The van der Waals surface area contributed by atoms with Crippen molar-refractivity contribution >= 4 is 17.3 Å². The lowest BCUT2D eigenvalue weighted by Gasteiger charge is -2.33. The minimum Gasteiger partial charge on any atom is -0.399 e. The van der Waals surface area contributed by atoms with Crippen molar-refractivity contribution in [1.29, 1.82) is 0 Å². The van der Waals surface area contributed by atoms with Gasteiger partial charge in [-0.2, -0.15) is 0 Å². The molecule has 1 aromatic carbocycles. The van der Waals surface area contributed by atoms with Crippen LogP contribution in [-0.4, -0.2) is 12.5 Å². The Hall–Kier alpha value is -1.77. The zero-order valence-electron chi connectivity index (χ0n) is 11.6. The molecule has 0 aromatic heterocycles. The van der Waals surface area contributed by atoms with Gasteiger partial charge in [-0.3, -0.25) is 4.79 Å². The third kappa shape index (κ3) is 1.76. The number of nitrogens with zero attached hydrogens (tertiary/aromatic N) is 1. The maximum atomic E-state index is 12.9. The molecule has 0 saturated heterocycles. The number of hydrogen-bond acceptors (Lipinski definition) is 2. The summed E-state index contributed by atoms with van der Waals surface area (Å²) in [5.41, 5.74) is 8.97. The van der Waals surface area contributed by atoms with E-state index < -0.39 is 0 Å². The number of carbonyl (C=O) groups excluding carboxylic acids is 1. The van der Waals surface area contributed by atoms with Crippen molar-refractivity contribution in [3.63, 3.8) is 0 Å². The van der Waals surface area contributed by atoms with E-state index in [1.807, 2.05) is 23.1 Å². The fourth-order valence-electron chi connectivity index (χ4n) is 4.11. The monoisotopic (exact) mass is 268 g/mol. The first-order chi connectivity index (χ1) is 9.72. The van der Waals surface area contributed by atoms with Gasteiger partial charge in [0.05, 0.1) is 0 Å². The Morgan fingerprint density at radius 3 is 2.90 bits per heavy atom. The highest BCUT2D eigenvalue weighted by atomic mass is 16.2. The Bertz CT molecular complexity index is 593. The second-order valence-corrected chi connectivity index (χ2v) is 6.37. The molecular formula is C17H20N2O. The van der Waals surface area contributed by atoms with Gasteiger partial charge in [0.1, 0.15) is 0 Å². The molecule has 2 aliphatic carbocycles. The maximum Gasteiger partial charge on any atom is 0.230 e. The number of rotatable bonds is 1. The average Bonchev–Trinajstić information content (AvgIpc) is 3.08. The molecule has 1 amide bonds. The van der Waals surface area contributed by atoms with E-state index in [9.17, 15) is 4.79 Å². The lowest BCUT2D eigenvalue weighted by atomic mass is 9.90. The fourth-order valence-corrected chi connectivity index (χ4v) is 4.11. The molecule has 1 fully saturated rings. The molecule has 3 heteroatoms. The van der Waals surface area contributed by atoms with Gasteiger partial charge in [0.15, 0.2) is 0 Å². The highest BCUT2D eigenvalue weighted by Gasteiger charge is 2.42. The SMILES string of the molecule is Nc1ccc2c(c1)CCCN2C(=O)C1CC2C=CC1C2. The topological polar surface area (TPSA) is 46.3 Å². The number of benzene rings is 1. The first kappa shape index (κ1) is 12.0. The highest BCUT2D eigenvalue weighted by molar-refractivity contribution is 5.97. The first-order valence-corrected chi connectivity index (χ1v) is 7.60. The quantitative estimate of drug-likeness (QED) is 0.629. The third-order valence-corrected chi connectivity index (χ3v) is 5.08. The van der Waals surface area contributed by atoms with E-state index in [2.05, 4.69) is 12.2 Å². The molecule has 1 heterocycles. The molecule has 0 radical (unpaired) electrons. The second-order valence-electron chi connectivity index (χ2n) is 6.37. The number of allylic oxidation sites excluding steroid dienone is 2. The van der Waals surface area contributed by atoms with E-state index >= 15 is 0 Å². The van der Waals surface area contributed by atoms with Gasteiger partial charge in [-0.25, -0.2) is 0 Å². The molecule has 2 bridgehead atoms. The molecule has 3 unspecified atom stereocenters. The number of hydrogen-bond donors (Lipinski definition) is 1. The van der Waals surface area contributed by atoms with Crippen LogP contribution in [0.15, 0.2) is 30.4 Å². The summed E-state index contributed by atoms with van der Waals surface area (Å²) in [7, 11) is 0. The van der Waals surface area contributed by atoms with Crippen LogP contribution in [0.25, 0.3) is 0 Å². The van der Waals surface area contributed by atoms with Gasteiger partial charge < -0.3 is 10.6 Å². The van der Waals surface area contributed by atoms with Gasteiger partial charge in [0.2, 0.25) is 5.91 Å². The molecule has 1 aromatic rings. The molecule has 1 aliphatic heterocycles. The van der Waals surface area contributed by atoms with Crippen LogP contribution in [0.3, 0.4) is 0 Å². The zero-order valence-corrected chi connectivity index (χ0v) is 11.6. The van der Waals surface area contributed by atoms with Crippen LogP contribution in [0.2, 0.25) is 0 Å². The van der Waals surface area contributed by atoms with Crippen LogP contribution >= 0.6 is 0 Å². The summed E-state index contributed by atoms with van der Waals surface area (Å²) in [5, 5.41) is 0. The lowest BCUT2D eigenvalue weighted by Crippen LogP contribution is -2.40. The summed E-state index contributed by atoms with van der Waals surface area (Å²) in [6.45, 7) is 0.855. The molecule has 3 aliphatic rings. The predicted octanol–water partition coefficient (Wildman–Crippen LogP) is 2.76. The van der Waals surface area contributed by atoms with Crippen molar-refractivity contribution in [3.05, 3.63) is 35.9 Å². The summed E-state index contributed by atoms with van der Waals surface area (Å²) in [5.74, 6) is 1.65. The minimum atomic E-state index is 0.202. The molecule has 20 heavy (non-hydrogen) atoms. The summed E-state index contributed by atoms with van der Waals surface area (Å²) in [4.78, 5) is 14.9. The number of anilines is 2. The van der Waals surface area contributed by atoms with Crippen LogP contribution in [0.1, 0.15) is 24.8 Å². The predicted molar refractivity (Wildman–Crippen MR) is 80.4 cm³/mol. The number of nitrogens with two attached hydrogens (primary N) is 1. The van der Waals surface area contributed by atoms with Gasteiger partial charge in [-0.05, 0) is 61.3 Å². The summed E-state index contributed by atoms with van der Waals surface area (Å²) in [6.07, 6.45) is 8.84. The number of nitrogen functional groups attached to an aromatic ring is 1. The van der Waals surface area contributed by atoms with Crippen molar-refractivity contribution in [2.24, 2.45) is 17.8 Å². The van der Waals surface area contributed by atoms with Crippen LogP contribution in [0.5, 0.6) is 0 Å². The van der Waals surface area contributed by atoms with Crippen molar-refractivity contribution in [1.82, 2.24) is 0 Å². The number of aryl methyl sites for hydroxylation is 1. The summed E-state index contributed by atoms with van der Waals surface area (Å²) >= 11 is 0. The largest absolute Gasteiger partial charge is 0.399 e. The Labute approximate surface area is 119 Å². The Morgan fingerprint density at radius 1 is 1.25 bits per heavy atom. The van der Waals surface area contributed by atoms with E-state index in [4.69, 9.17) is 5.73 Å². The molecular weight excluding hydrogens is 248 g/mol. The number of fused-ring (bicyclic) bond motifs is 3. The number of carbonyl (C=O) groups is 1. The maximum absolute atomic E-state index is 12.9. The van der Waals surface area contributed by atoms with E-state index in [-0.39, 0.29) is 5.92 Å². The smallest absolute Gasteiger partial charge is 0.230 e. The average molecular weight is 268 g/mol. The molecule has 4 rings (SSSR count). The van der Waals surface area contributed by atoms with Crippen LogP contribution in [0, 0.1) is 17.8 Å². The fraction of sp³-hybridized carbons (Fsp3) is 0.471. The van der Waals surface area contributed by atoms with Gasteiger partial charge in [-0.15, -0.1) is 0 Å². The Kier molecular flexibility index (Phi) is 2.62. The molecule has 3 nitrogen and oxygen atoms in total. The van der Waals surface area contributed by atoms with E-state index in [0.717, 1.165) is 37.2 Å². The normalized spacial score (nSPS) is 30.6. The molecule has 1 saturated carbocycles. The Morgan fingerprint density at radius 2 is 2.15 bits per heavy atom. The minimum absolute atomic E-state index is 0.202. The summed E-state index contributed by atoms with van der Waals surface area (Å²) < 4.78 is 0. The summed E-state index contributed by atoms with van der Waals surface area (Å²) in [6, 6.07) is 5.95. The van der Waals surface area contributed by atoms with Crippen LogP contribution in [0.4, 0.5) is 11.4 Å². The van der Waals surface area contributed by atoms with Gasteiger partial charge in [0.25, 0.3) is 0 Å². The van der Waals surface area contributed by atoms with Crippen molar-refractivity contribution in [2.45, 2.75) is 25.7 Å². The standard InChI is InChI=1S/C17H20N2O/c18-14-5-6-16-13(10-14)2-1-7-19(16)17(20)15-9-11-3-4-12(15)8-11/h3-6,10-12,15H,1-2,7-9,18H2. The van der Waals surface area contributed by atoms with Gasteiger partial charge in [0, 0.05) is 23.8 Å². The van der Waals surface area contributed by atoms with E-state index in [0.29, 0.717) is 17.7 Å². The third-order valence-electron chi connectivity index (χ3n) is 5.08. The van der Waals surface area contributed by atoms with Crippen molar-refractivity contribution in [3.8, 4) is 0 Å². The van der Waals surface area contributed by atoms with Crippen molar-refractivity contribution < 1.29 is 4.79 Å².